The fourth-order valence-corrected chi connectivity index (χ4v) is 2.45. The molecule has 0 bridgehead atoms. The molecule has 4 nitrogen and oxygen atoms in total. The van der Waals surface area contributed by atoms with E-state index in [-0.39, 0.29) is 0 Å². The van der Waals surface area contributed by atoms with E-state index in [0.717, 1.165) is 16.8 Å². The third kappa shape index (κ3) is 2.92. The van der Waals surface area contributed by atoms with Crippen molar-refractivity contribution >= 4 is 0 Å². The first kappa shape index (κ1) is 14.5. The number of benzene rings is 2. The lowest BCUT2D eigenvalue weighted by molar-refractivity contribution is 0.655. The van der Waals surface area contributed by atoms with Gasteiger partial charge in [0, 0.05) is 12.1 Å². The molecule has 112 valence electrons. The largest absolute Gasteiger partial charge is 0.326 e. The van der Waals surface area contributed by atoms with Crippen molar-refractivity contribution < 1.29 is 0 Å². The smallest absolute Gasteiger partial charge is 0.0889 e. The van der Waals surface area contributed by atoms with Crippen LogP contribution in [0.2, 0.25) is 0 Å². The third-order valence-electron chi connectivity index (χ3n) is 4.01. The Morgan fingerprint density at radius 3 is 2.36 bits per heavy atom. The first-order valence-corrected chi connectivity index (χ1v) is 7.41. The molecule has 0 fully saturated rings. The summed E-state index contributed by atoms with van der Waals surface area (Å²) >= 11 is 0. The topological polar surface area (TPSA) is 56.7 Å². The Balaban J connectivity index is 1.89. The maximum Gasteiger partial charge on any atom is 0.0889 e. The van der Waals surface area contributed by atoms with Gasteiger partial charge in [0.1, 0.15) is 0 Å². The molecule has 0 spiro atoms. The predicted octanol–water partition coefficient (Wildman–Crippen LogP) is 3.07. The van der Waals surface area contributed by atoms with Crippen LogP contribution < -0.4 is 5.73 Å². The predicted molar refractivity (Wildman–Crippen MR) is 88.4 cm³/mol. The zero-order valence-corrected chi connectivity index (χ0v) is 13.0. The van der Waals surface area contributed by atoms with Crippen LogP contribution in [0.1, 0.15) is 22.3 Å². The van der Waals surface area contributed by atoms with E-state index in [1.54, 1.807) is 0 Å². The van der Waals surface area contributed by atoms with E-state index >= 15 is 0 Å². The van der Waals surface area contributed by atoms with Gasteiger partial charge in [0.05, 0.1) is 18.4 Å². The molecule has 3 aromatic rings. The highest BCUT2D eigenvalue weighted by molar-refractivity contribution is 5.60. The minimum Gasteiger partial charge on any atom is -0.326 e. The van der Waals surface area contributed by atoms with E-state index in [4.69, 9.17) is 5.73 Å². The quantitative estimate of drug-likeness (QED) is 0.804. The maximum atomic E-state index is 5.63. The van der Waals surface area contributed by atoms with Gasteiger partial charge in [0.15, 0.2) is 0 Å². The second-order valence-corrected chi connectivity index (χ2v) is 5.60. The Bertz CT molecular complexity index is 772. The lowest BCUT2D eigenvalue weighted by atomic mass is 10.0. The van der Waals surface area contributed by atoms with E-state index in [1.165, 1.54) is 16.7 Å². The molecule has 1 aromatic heterocycles. The van der Waals surface area contributed by atoms with Crippen molar-refractivity contribution in [2.24, 2.45) is 5.73 Å². The average molecular weight is 292 g/mol. The maximum absolute atomic E-state index is 5.63. The van der Waals surface area contributed by atoms with Gasteiger partial charge in [-0.25, -0.2) is 4.68 Å². The molecular weight excluding hydrogens is 272 g/mol. The summed E-state index contributed by atoms with van der Waals surface area (Å²) in [6.45, 7) is 5.51. The highest BCUT2D eigenvalue weighted by Crippen LogP contribution is 2.22. The van der Waals surface area contributed by atoms with Crippen molar-refractivity contribution in [2.45, 2.75) is 26.9 Å². The Morgan fingerprint density at radius 2 is 1.68 bits per heavy atom. The summed E-state index contributed by atoms with van der Waals surface area (Å²) in [5, 5.41) is 8.30. The molecule has 0 aliphatic heterocycles. The van der Waals surface area contributed by atoms with E-state index in [2.05, 4.69) is 66.6 Å². The lowest BCUT2D eigenvalue weighted by Gasteiger charge is -2.09. The summed E-state index contributed by atoms with van der Waals surface area (Å²) in [6, 6.07) is 14.7. The van der Waals surface area contributed by atoms with E-state index in [9.17, 15) is 0 Å². The number of aryl methyl sites for hydroxylation is 2. The summed E-state index contributed by atoms with van der Waals surface area (Å²) in [5.74, 6) is 0. The molecule has 1 heterocycles. The average Bonchev–Trinajstić information content (AvgIpc) is 2.99. The monoisotopic (exact) mass is 292 g/mol. The van der Waals surface area contributed by atoms with E-state index < -0.39 is 0 Å². The molecule has 22 heavy (non-hydrogen) atoms. The highest BCUT2D eigenvalue weighted by atomic mass is 15.4. The van der Waals surface area contributed by atoms with Crippen LogP contribution in [0, 0.1) is 13.8 Å². The molecule has 0 saturated carbocycles. The molecule has 0 aliphatic rings. The standard InChI is InChI=1S/C18H20N4/c1-13-3-8-17(9-14(13)2)18-11-20-21-22(18)12-16-6-4-15(10-19)5-7-16/h3-9,11H,10,12,19H2,1-2H3. The number of hydrogen-bond donors (Lipinski definition) is 1. The Labute approximate surface area is 130 Å². The number of hydrogen-bond acceptors (Lipinski definition) is 3. The first-order valence-electron chi connectivity index (χ1n) is 7.41. The van der Waals surface area contributed by atoms with Gasteiger partial charge < -0.3 is 5.73 Å². The van der Waals surface area contributed by atoms with Crippen molar-refractivity contribution in [1.82, 2.24) is 15.0 Å². The van der Waals surface area contributed by atoms with Gasteiger partial charge in [0.2, 0.25) is 0 Å². The van der Waals surface area contributed by atoms with Crippen molar-refractivity contribution in [3.05, 3.63) is 70.9 Å². The van der Waals surface area contributed by atoms with Crippen molar-refractivity contribution in [3.8, 4) is 11.3 Å². The van der Waals surface area contributed by atoms with Crippen LogP contribution in [0.15, 0.2) is 48.7 Å². The molecule has 0 unspecified atom stereocenters. The third-order valence-corrected chi connectivity index (χ3v) is 4.01. The Hall–Kier alpha value is -2.46. The van der Waals surface area contributed by atoms with E-state index in [1.807, 2.05) is 10.9 Å². The molecule has 0 aliphatic carbocycles. The summed E-state index contributed by atoms with van der Waals surface area (Å²) in [5.41, 5.74) is 12.7. The first-order chi connectivity index (χ1) is 10.7. The summed E-state index contributed by atoms with van der Waals surface area (Å²) in [4.78, 5) is 0. The van der Waals surface area contributed by atoms with Gasteiger partial charge in [-0.3, -0.25) is 0 Å². The van der Waals surface area contributed by atoms with Crippen LogP contribution in [0.3, 0.4) is 0 Å². The van der Waals surface area contributed by atoms with Gasteiger partial charge in [-0.15, -0.1) is 5.10 Å². The van der Waals surface area contributed by atoms with Crippen LogP contribution in [0.5, 0.6) is 0 Å². The molecule has 2 aromatic carbocycles. The molecule has 0 amide bonds. The van der Waals surface area contributed by atoms with Crippen LogP contribution in [-0.4, -0.2) is 15.0 Å². The van der Waals surface area contributed by atoms with Gasteiger partial charge >= 0.3 is 0 Å². The fraction of sp³-hybridized carbons (Fsp3) is 0.222. The second-order valence-electron chi connectivity index (χ2n) is 5.60. The lowest BCUT2D eigenvalue weighted by Crippen LogP contribution is -2.05. The number of nitrogens with two attached hydrogens (primary N) is 1. The van der Waals surface area contributed by atoms with Crippen LogP contribution in [0.25, 0.3) is 11.3 Å². The SMILES string of the molecule is Cc1ccc(-c2cnnn2Cc2ccc(CN)cc2)cc1C. The van der Waals surface area contributed by atoms with E-state index in [0.29, 0.717) is 13.1 Å². The normalized spacial score (nSPS) is 10.9. The zero-order valence-electron chi connectivity index (χ0n) is 13.0. The van der Waals surface area contributed by atoms with Crippen LogP contribution in [-0.2, 0) is 13.1 Å². The number of nitrogens with zero attached hydrogens (tertiary/aromatic N) is 3. The fourth-order valence-electron chi connectivity index (χ4n) is 2.45. The molecule has 0 radical (unpaired) electrons. The van der Waals surface area contributed by atoms with Crippen LogP contribution in [0.4, 0.5) is 0 Å². The molecule has 2 N–H and O–H groups in total. The number of rotatable bonds is 4. The van der Waals surface area contributed by atoms with Gasteiger partial charge in [-0.2, -0.15) is 0 Å². The summed E-state index contributed by atoms with van der Waals surface area (Å²) < 4.78 is 1.93. The van der Waals surface area contributed by atoms with Crippen molar-refractivity contribution in [1.29, 1.82) is 0 Å². The van der Waals surface area contributed by atoms with Crippen molar-refractivity contribution in [3.63, 3.8) is 0 Å². The second kappa shape index (κ2) is 6.12. The minimum atomic E-state index is 0.567. The molecule has 0 saturated heterocycles. The Kier molecular flexibility index (Phi) is 4.02. The molecule has 4 heteroatoms. The summed E-state index contributed by atoms with van der Waals surface area (Å²) in [7, 11) is 0. The number of aromatic nitrogens is 3. The molecular formula is C18H20N4. The van der Waals surface area contributed by atoms with Gasteiger partial charge in [-0.1, -0.05) is 41.6 Å². The van der Waals surface area contributed by atoms with Gasteiger partial charge in [0.25, 0.3) is 0 Å². The highest BCUT2D eigenvalue weighted by Gasteiger charge is 2.08. The van der Waals surface area contributed by atoms with Crippen LogP contribution >= 0.6 is 0 Å². The zero-order chi connectivity index (χ0) is 15.5. The molecule has 0 atom stereocenters. The van der Waals surface area contributed by atoms with Crippen molar-refractivity contribution in [2.75, 3.05) is 0 Å². The summed E-state index contributed by atoms with van der Waals surface area (Å²) in [6.07, 6.45) is 1.82. The minimum absolute atomic E-state index is 0.567. The van der Waals surface area contributed by atoms with Gasteiger partial charge in [-0.05, 0) is 42.2 Å². The Morgan fingerprint density at radius 1 is 0.955 bits per heavy atom. The molecule has 3 rings (SSSR count).